The van der Waals surface area contributed by atoms with Crippen LogP contribution >= 0.6 is 11.6 Å². The van der Waals surface area contributed by atoms with Gasteiger partial charge in [0.15, 0.2) is 5.90 Å². The Kier molecular flexibility index (Phi) is 6.27. The van der Waals surface area contributed by atoms with Crippen LogP contribution in [0.1, 0.15) is 18.1 Å². The summed E-state index contributed by atoms with van der Waals surface area (Å²) >= 11 is 6.44. The zero-order valence-electron chi connectivity index (χ0n) is 18.5. The molecule has 0 spiro atoms. The molecule has 0 fully saturated rings. The molecule has 0 saturated carbocycles. The van der Waals surface area contributed by atoms with Crippen molar-refractivity contribution in [1.29, 1.82) is 0 Å². The average molecular weight is 477 g/mol. The van der Waals surface area contributed by atoms with E-state index >= 15 is 0 Å². The van der Waals surface area contributed by atoms with Crippen molar-refractivity contribution in [3.05, 3.63) is 89.0 Å². The lowest BCUT2D eigenvalue weighted by Crippen LogP contribution is -2.09. The highest BCUT2D eigenvalue weighted by atomic mass is 35.5. The van der Waals surface area contributed by atoms with Gasteiger partial charge in [0, 0.05) is 17.5 Å². The van der Waals surface area contributed by atoms with Gasteiger partial charge in [0.05, 0.1) is 17.1 Å². The number of hydrogen-bond acceptors (Lipinski definition) is 6. The second kappa shape index (κ2) is 9.65. The molecule has 0 aliphatic carbocycles. The van der Waals surface area contributed by atoms with E-state index in [-0.39, 0.29) is 18.5 Å². The normalized spacial score (nSPS) is 15.1. The molecule has 3 aromatic carbocycles. The number of ether oxygens (including phenoxy) is 2. The minimum Gasteiger partial charge on any atom is -0.487 e. The summed E-state index contributed by atoms with van der Waals surface area (Å²) in [5, 5.41) is 4.64. The van der Waals surface area contributed by atoms with Gasteiger partial charge in [0.1, 0.15) is 36.4 Å². The third-order valence-corrected chi connectivity index (χ3v) is 5.69. The lowest BCUT2D eigenvalue weighted by atomic mass is 10.1. The van der Waals surface area contributed by atoms with Crippen LogP contribution in [-0.4, -0.2) is 28.5 Å². The number of anilines is 2. The van der Waals surface area contributed by atoms with E-state index in [0.29, 0.717) is 29.6 Å². The van der Waals surface area contributed by atoms with Crippen molar-refractivity contribution in [3.8, 4) is 5.75 Å². The summed E-state index contributed by atoms with van der Waals surface area (Å²) in [6.45, 7) is 2.93. The SMILES string of the molecule is CC1CN=C(Cc2ccc3ncnc(Nc4ccc(OCc5cccc(F)c5)c(Cl)c4)c3c2)O1. The smallest absolute Gasteiger partial charge is 0.188 e. The van der Waals surface area contributed by atoms with Gasteiger partial charge >= 0.3 is 0 Å². The second-order valence-electron chi connectivity index (χ2n) is 8.10. The first kappa shape index (κ1) is 22.1. The molecule has 1 N–H and O–H groups in total. The van der Waals surface area contributed by atoms with E-state index in [1.165, 1.54) is 18.5 Å². The van der Waals surface area contributed by atoms with Crippen LogP contribution in [0.25, 0.3) is 10.9 Å². The number of nitrogens with zero attached hydrogens (tertiary/aromatic N) is 3. The fourth-order valence-electron chi connectivity index (χ4n) is 3.74. The predicted molar refractivity (Wildman–Crippen MR) is 132 cm³/mol. The Bertz CT molecular complexity index is 1380. The van der Waals surface area contributed by atoms with Gasteiger partial charge in [-0.3, -0.25) is 4.99 Å². The Morgan fingerprint density at radius 2 is 2.00 bits per heavy atom. The molecular formula is C26H22ClFN4O2. The molecular weight excluding hydrogens is 455 g/mol. The van der Waals surface area contributed by atoms with Gasteiger partial charge in [-0.1, -0.05) is 29.8 Å². The zero-order valence-corrected chi connectivity index (χ0v) is 19.2. The Labute approximate surface area is 201 Å². The largest absolute Gasteiger partial charge is 0.487 e. The van der Waals surface area contributed by atoms with Gasteiger partial charge in [-0.15, -0.1) is 0 Å². The maximum absolute atomic E-state index is 13.4. The average Bonchev–Trinajstić information content (AvgIpc) is 3.23. The molecule has 1 atom stereocenters. The number of nitrogens with one attached hydrogen (secondary N) is 1. The van der Waals surface area contributed by atoms with Crippen LogP contribution in [0.2, 0.25) is 5.02 Å². The van der Waals surface area contributed by atoms with Gasteiger partial charge in [-0.25, -0.2) is 14.4 Å². The third kappa shape index (κ3) is 5.10. The van der Waals surface area contributed by atoms with Crippen LogP contribution in [0.4, 0.5) is 15.9 Å². The van der Waals surface area contributed by atoms with Crippen molar-refractivity contribution >= 4 is 39.9 Å². The van der Waals surface area contributed by atoms with E-state index in [9.17, 15) is 4.39 Å². The quantitative estimate of drug-likeness (QED) is 0.349. The van der Waals surface area contributed by atoms with Gasteiger partial charge in [-0.05, 0) is 60.5 Å². The van der Waals surface area contributed by atoms with E-state index in [2.05, 4.69) is 20.3 Å². The maximum atomic E-state index is 13.4. The first-order valence-electron chi connectivity index (χ1n) is 10.9. The number of aliphatic imine (C=N–C) groups is 1. The van der Waals surface area contributed by atoms with Crippen LogP contribution in [0.15, 0.2) is 72.0 Å². The number of benzene rings is 3. The Morgan fingerprint density at radius 1 is 1.09 bits per heavy atom. The maximum Gasteiger partial charge on any atom is 0.188 e. The van der Waals surface area contributed by atoms with Crippen LogP contribution in [0.5, 0.6) is 5.75 Å². The van der Waals surface area contributed by atoms with E-state index < -0.39 is 0 Å². The van der Waals surface area contributed by atoms with Gasteiger partial charge in [-0.2, -0.15) is 0 Å². The predicted octanol–water partition coefficient (Wildman–Crippen LogP) is 6.10. The molecule has 2 heterocycles. The topological polar surface area (TPSA) is 68.6 Å². The van der Waals surface area contributed by atoms with Crippen LogP contribution in [0.3, 0.4) is 0 Å². The second-order valence-corrected chi connectivity index (χ2v) is 8.51. The summed E-state index contributed by atoms with van der Waals surface area (Å²) in [5.74, 6) is 1.63. The summed E-state index contributed by atoms with van der Waals surface area (Å²) in [4.78, 5) is 13.2. The number of aromatic nitrogens is 2. The molecule has 172 valence electrons. The van der Waals surface area contributed by atoms with Gasteiger partial charge < -0.3 is 14.8 Å². The first-order chi connectivity index (χ1) is 16.5. The van der Waals surface area contributed by atoms with Crippen LogP contribution in [-0.2, 0) is 17.8 Å². The van der Waals surface area contributed by atoms with Crippen molar-refractivity contribution in [1.82, 2.24) is 9.97 Å². The van der Waals surface area contributed by atoms with Crippen molar-refractivity contribution in [2.24, 2.45) is 4.99 Å². The standard InChI is InChI=1S/C26H22ClFN4O2/c1-16-13-29-25(34-16)11-17-5-7-23-21(10-17)26(31-15-30-23)32-20-6-8-24(22(27)12-20)33-14-18-3-2-4-19(28)9-18/h2-10,12,15-16H,11,13-14H2,1H3,(H,30,31,32). The van der Waals surface area contributed by atoms with Crippen molar-refractivity contribution < 1.29 is 13.9 Å². The van der Waals surface area contributed by atoms with E-state index in [1.54, 1.807) is 24.3 Å². The number of fused-ring (bicyclic) bond motifs is 1. The fraction of sp³-hybridized carbons (Fsp3) is 0.192. The number of halogens is 2. The monoisotopic (exact) mass is 476 g/mol. The van der Waals surface area contributed by atoms with Crippen molar-refractivity contribution in [2.45, 2.75) is 26.1 Å². The molecule has 1 unspecified atom stereocenters. The summed E-state index contributed by atoms with van der Waals surface area (Å²) in [6.07, 6.45) is 2.27. The summed E-state index contributed by atoms with van der Waals surface area (Å²) in [5.41, 5.74) is 3.37. The van der Waals surface area contributed by atoms with E-state index in [1.807, 2.05) is 31.2 Å². The summed E-state index contributed by atoms with van der Waals surface area (Å²) < 4.78 is 24.9. The van der Waals surface area contributed by atoms with E-state index in [4.69, 9.17) is 21.1 Å². The third-order valence-electron chi connectivity index (χ3n) is 5.40. The molecule has 4 aromatic rings. The molecule has 0 bridgehead atoms. The highest BCUT2D eigenvalue weighted by Crippen LogP contribution is 2.31. The number of rotatable bonds is 7. The van der Waals surface area contributed by atoms with Crippen molar-refractivity contribution in [3.63, 3.8) is 0 Å². The molecule has 1 aliphatic heterocycles. The molecule has 1 aliphatic rings. The minimum atomic E-state index is -0.301. The molecule has 5 rings (SSSR count). The van der Waals surface area contributed by atoms with Crippen molar-refractivity contribution in [2.75, 3.05) is 11.9 Å². The zero-order chi connectivity index (χ0) is 23.5. The molecule has 8 heteroatoms. The molecule has 1 aromatic heterocycles. The Balaban J connectivity index is 1.33. The molecule has 6 nitrogen and oxygen atoms in total. The van der Waals surface area contributed by atoms with Crippen LogP contribution < -0.4 is 10.1 Å². The van der Waals surface area contributed by atoms with E-state index in [0.717, 1.165) is 33.6 Å². The Hall–Kier alpha value is -3.71. The molecule has 0 saturated heterocycles. The summed E-state index contributed by atoms with van der Waals surface area (Å²) in [6, 6.07) is 17.7. The van der Waals surface area contributed by atoms with Crippen LogP contribution in [0, 0.1) is 5.82 Å². The molecule has 34 heavy (non-hydrogen) atoms. The fourth-order valence-corrected chi connectivity index (χ4v) is 3.98. The molecule has 0 radical (unpaired) electrons. The Morgan fingerprint density at radius 3 is 2.79 bits per heavy atom. The summed E-state index contributed by atoms with van der Waals surface area (Å²) in [7, 11) is 0. The minimum absolute atomic E-state index is 0.126. The van der Waals surface area contributed by atoms with Gasteiger partial charge in [0.25, 0.3) is 0 Å². The highest BCUT2D eigenvalue weighted by molar-refractivity contribution is 6.32. The first-order valence-corrected chi connectivity index (χ1v) is 11.3. The van der Waals surface area contributed by atoms with Gasteiger partial charge in [0.2, 0.25) is 0 Å². The highest BCUT2D eigenvalue weighted by Gasteiger charge is 2.16. The number of hydrogen-bond donors (Lipinski definition) is 1. The lowest BCUT2D eigenvalue weighted by molar-refractivity contribution is 0.241. The lowest BCUT2D eigenvalue weighted by Gasteiger charge is -2.12. The molecule has 0 amide bonds.